The Morgan fingerprint density at radius 2 is 1.52 bits per heavy atom. The number of phenols is 1. The van der Waals surface area contributed by atoms with E-state index in [1.54, 1.807) is 24.3 Å². The maximum absolute atomic E-state index is 15.4. The average molecular weight is 718 g/mol. The Bertz CT molecular complexity index is 2420. The second-order valence-corrected chi connectivity index (χ2v) is 14.8. The van der Waals surface area contributed by atoms with Gasteiger partial charge in [-0.05, 0) is 66.4 Å². The molecule has 54 heavy (non-hydrogen) atoms. The van der Waals surface area contributed by atoms with E-state index in [2.05, 4.69) is 5.43 Å². The number of hydrogen-bond donors (Lipinski definition) is 4. The highest BCUT2D eigenvalue weighted by Crippen LogP contribution is 2.65. The smallest absolute Gasteiger partial charge is 0.488 e. The summed E-state index contributed by atoms with van der Waals surface area (Å²) in [7, 11) is -1.80. The topological polar surface area (TPSA) is 147 Å². The predicted octanol–water partition coefficient (Wildman–Crippen LogP) is 4.72. The molecule has 2 saturated heterocycles. The second-order valence-electron chi connectivity index (χ2n) is 14.8. The Labute approximate surface area is 311 Å². The fourth-order valence-electron chi connectivity index (χ4n) is 9.68. The number of hydrazine groups is 1. The number of allylic oxidation sites excluding steroid dienone is 2. The zero-order chi connectivity index (χ0) is 37.5. The van der Waals surface area contributed by atoms with Crippen molar-refractivity contribution in [3.8, 4) is 5.75 Å². The first-order chi connectivity index (χ1) is 26.1. The maximum Gasteiger partial charge on any atom is 0.488 e. The minimum atomic E-state index is -1.80. The molecule has 268 valence electrons. The minimum absolute atomic E-state index is 0.0177. The molecule has 3 fully saturated rings. The highest BCUT2D eigenvalue weighted by Gasteiger charge is 2.70. The van der Waals surface area contributed by atoms with Gasteiger partial charge in [0.1, 0.15) is 5.75 Å². The van der Waals surface area contributed by atoms with Gasteiger partial charge >= 0.3 is 7.12 Å². The van der Waals surface area contributed by atoms with E-state index >= 15 is 4.79 Å². The summed E-state index contributed by atoms with van der Waals surface area (Å²) >= 11 is 0. The van der Waals surface area contributed by atoms with Crippen molar-refractivity contribution in [2.75, 3.05) is 10.3 Å². The second kappa shape index (κ2) is 12.5. The van der Waals surface area contributed by atoms with Gasteiger partial charge in [-0.2, -0.15) is 5.01 Å². The summed E-state index contributed by atoms with van der Waals surface area (Å²) in [5.41, 5.74) is 5.28. The molecular formula is C43H36BN3O7. The molecule has 0 aromatic heterocycles. The Hall–Kier alpha value is -6.04. The molecule has 0 bridgehead atoms. The predicted molar refractivity (Wildman–Crippen MR) is 203 cm³/mol. The van der Waals surface area contributed by atoms with Gasteiger partial charge in [-0.25, -0.2) is 0 Å². The summed E-state index contributed by atoms with van der Waals surface area (Å²) in [6.45, 7) is 1.95. The molecule has 2 heterocycles. The summed E-state index contributed by atoms with van der Waals surface area (Å²) in [5, 5.41) is 34.4. The number of nitrogens with zero attached hydrogens (tertiary/aromatic N) is 2. The van der Waals surface area contributed by atoms with Crippen LogP contribution in [0.1, 0.15) is 35.4 Å². The van der Waals surface area contributed by atoms with Gasteiger partial charge in [0.25, 0.3) is 11.8 Å². The van der Waals surface area contributed by atoms with Crippen molar-refractivity contribution < 1.29 is 34.3 Å². The number of imide groups is 2. The van der Waals surface area contributed by atoms with Gasteiger partial charge < -0.3 is 15.2 Å². The Balaban J connectivity index is 1.25. The van der Waals surface area contributed by atoms with E-state index in [0.717, 1.165) is 26.4 Å². The summed E-state index contributed by atoms with van der Waals surface area (Å²) in [6, 6.07) is 33.7. The number of carbonyl (C=O) groups is 4. The van der Waals surface area contributed by atoms with Crippen molar-refractivity contribution in [2.24, 2.45) is 23.7 Å². The first kappa shape index (κ1) is 33.8. The van der Waals surface area contributed by atoms with E-state index in [1.165, 1.54) is 12.1 Å². The van der Waals surface area contributed by atoms with Gasteiger partial charge in [0.2, 0.25) is 11.8 Å². The lowest BCUT2D eigenvalue weighted by molar-refractivity contribution is -0.138. The molecule has 0 radical (unpaired) electrons. The molecule has 1 saturated carbocycles. The van der Waals surface area contributed by atoms with Crippen LogP contribution in [0, 0.1) is 30.6 Å². The summed E-state index contributed by atoms with van der Waals surface area (Å²) in [4.78, 5) is 60.2. The number of amides is 4. The lowest BCUT2D eigenvalue weighted by atomic mass is 9.49. The highest BCUT2D eigenvalue weighted by atomic mass is 16.4. The molecule has 9 rings (SSSR count). The normalized spacial score (nSPS) is 26.1. The number of phenolic OH excluding ortho intramolecular Hbond substituents is 1. The Morgan fingerprint density at radius 1 is 0.778 bits per heavy atom. The zero-order valence-electron chi connectivity index (χ0n) is 29.3. The maximum atomic E-state index is 15.4. The first-order valence-corrected chi connectivity index (χ1v) is 18.1. The molecule has 5 aromatic rings. The van der Waals surface area contributed by atoms with Gasteiger partial charge in [-0.1, -0.05) is 108 Å². The van der Waals surface area contributed by atoms with Crippen LogP contribution in [0.4, 0.5) is 11.4 Å². The van der Waals surface area contributed by atoms with Crippen molar-refractivity contribution in [1.29, 1.82) is 0 Å². The molecule has 11 heteroatoms. The molecule has 0 spiro atoms. The number of carbonyl (C=O) groups excluding carboxylic acids is 4. The largest absolute Gasteiger partial charge is 0.507 e. The van der Waals surface area contributed by atoms with Gasteiger partial charge in [0, 0.05) is 16.9 Å². The number of aryl methyl sites for hydroxylation is 1. The fourth-order valence-corrected chi connectivity index (χ4v) is 9.68. The summed E-state index contributed by atoms with van der Waals surface area (Å²) < 4.78 is 0. The van der Waals surface area contributed by atoms with Crippen LogP contribution < -0.4 is 15.8 Å². The standard InChI is InChI=1S/C43H36BN3O7/c1-24-14-17-28(18-15-24)45-47-40(50)35-23-34-31(20-21-32-36(34)41(51)46(39(32)49)29-12-7-11-27(22-29)44(53)54)37(43(35,42(47)52)26-9-3-2-4-10-26)33-19-16-25-8-5-6-13-30(25)38(33)48/h2-20,22,32,34-37,45,48,53-54H,21,23H2,1H3/t32-,34+,35-,36-,37+,43+/m0/s1. The third-order valence-corrected chi connectivity index (χ3v) is 12.1. The van der Waals surface area contributed by atoms with E-state index in [0.29, 0.717) is 22.2 Å². The SMILES string of the molecule is Cc1ccc(NN2C(=O)[C@@H]3C[C@@H]4C(=CC[C@@H]5C(=O)N(c6cccc(B(O)O)c6)C(=O)[C@@H]54)[C@H](c4ccc5ccccc5c4O)[C@]3(c3ccccc3)C2=O)cc1. The van der Waals surface area contributed by atoms with E-state index in [9.17, 15) is 29.5 Å². The molecule has 10 nitrogen and oxygen atoms in total. The molecule has 4 aliphatic rings. The van der Waals surface area contributed by atoms with Crippen molar-refractivity contribution >= 4 is 58.4 Å². The number of rotatable bonds is 6. The van der Waals surface area contributed by atoms with Crippen LogP contribution in [0.2, 0.25) is 0 Å². The lowest BCUT2D eigenvalue weighted by Gasteiger charge is -2.50. The monoisotopic (exact) mass is 717 g/mol. The average Bonchev–Trinajstić information content (AvgIpc) is 3.57. The zero-order valence-corrected chi connectivity index (χ0v) is 29.3. The van der Waals surface area contributed by atoms with Crippen LogP contribution >= 0.6 is 0 Å². The van der Waals surface area contributed by atoms with Crippen LogP contribution in [0.15, 0.2) is 127 Å². The number of hydrogen-bond acceptors (Lipinski definition) is 8. The third-order valence-electron chi connectivity index (χ3n) is 12.1. The molecule has 5 aromatic carbocycles. The molecular weight excluding hydrogens is 681 g/mol. The number of nitrogens with one attached hydrogen (secondary N) is 1. The number of anilines is 2. The van der Waals surface area contributed by atoms with Crippen LogP contribution in [0.5, 0.6) is 5.75 Å². The van der Waals surface area contributed by atoms with Crippen molar-refractivity contribution in [2.45, 2.75) is 31.1 Å². The third kappa shape index (κ3) is 4.81. The minimum Gasteiger partial charge on any atom is -0.507 e. The molecule has 4 N–H and O–H groups in total. The van der Waals surface area contributed by atoms with Crippen LogP contribution in [0.25, 0.3) is 10.8 Å². The van der Waals surface area contributed by atoms with Crippen molar-refractivity contribution in [3.05, 3.63) is 144 Å². The number of aromatic hydroxyl groups is 1. The molecule has 0 unspecified atom stereocenters. The van der Waals surface area contributed by atoms with Gasteiger partial charge in [0.15, 0.2) is 0 Å². The van der Waals surface area contributed by atoms with Gasteiger partial charge in [-0.3, -0.25) is 29.5 Å². The van der Waals surface area contributed by atoms with Crippen LogP contribution in [0.3, 0.4) is 0 Å². The van der Waals surface area contributed by atoms with E-state index in [4.69, 9.17) is 0 Å². The van der Waals surface area contributed by atoms with E-state index < -0.39 is 65.8 Å². The summed E-state index contributed by atoms with van der Waals surface area (Å²) in [6.07, 6.45) is 2.25. The Kier molecular flexibility index (Phi) is 7.84. The summed E-state index contributed by atoms with van der Waals surface area (Å²) in [5.74, 6) is -5.92. The van der Waals surface area contributed by atoms with Crippen molar-refractivity contribution in [3.63, 3.8) is 0 Å². The van der Waals surface area contributed by atoms with Crippen LogP contribution in [-0.2, 0) is 24.6 Å². The van der Waals surface area contributed by atoms with Crippen LogP contribution in [-0.4, -0.2) is 50.9 Å². The lowest BCUT2D eigenvalue weighted by Crippen LogP contribution is -2.53. The quantitative estimate of drug-likeness (QED) is 0.112. The fraction of sp³-hybridized carbons (Fsp3) is 0.209. The molecule has 2 aliphatic carbocycles. The first-order valence-electron chi connectivity index (χ1n) is 18.1. The Morgan fingerprint density at radius 3 is 2.28 bits per heavy atom. The van der Waals surface area contributed by atoms with Gasteiger partial charge in [-0.15, -0.1) is 0 Å². The van der Waals surface area contributed by atoms with E-state index in [-0.39, 0.29) is 29.7 Å². The van der Waals surface area contributed by atoms with Crippen molar-refractivity contribution in [1.82, 2.24) is 5.01 Å². The number of fused-ring (bicyclic) bond motifs is 5. The highest BCUT2D eigenvalue weighted by molar-refractivity contribution is 6.58. The molecule has 2 aliphatic heterocycles. The number of benzene rings is 5. The van der Waals surface area contributed by atoms with Gasteiger partial charge in [0.05, 0.1) is 34.5 Å². The molecule has 4 amide bonds. The molecule has 6 atom stereocenters. The van der Waals surface area contributed by atoms with E-state index in [1.807, 2.05) is 91.9 Å².